The summed E-state index contributed by atoms with van der Waals surface area (Å²) in [6, 6.07) is 13.5. The molecule has 2 aromatic carbocycles. The zero-order valence-electron chi connectivity index (χ0n) is 9.99. The van der Waals surface area contributed by atoms with Crippen molar-refractivity contribution in [3.63, 3.8) is 0 Å². The number of fused-ring (bicyclic) bond motifs is 3. The third-order valence-corrected chi connectivity index (χ3v) is 4.81. The molecule has 0 bridgehead atoms. The van der Waals surface area contributed by atoms with Crippen LogP contribution in [0, 0.1) is 0 Å². The Morgan fingerprint density at radius 1 is 0.941 bits per heavy atom. The third kappa shape index (κ3) is 1.80. The van der Waals surface area contributed by atoms with Crippen LogP contribution < -0.4 is 0 Å². The highest BCUT2D eigenvalue weighted by Gasteiger charge is 2.20. The molecular weight excluding hydrogens is 244 g/mol. The molecule has 1 aliphatic carbocycles. The summed E-state index contributed by atoms with van der Waals surface area (Å²) in [6.07, 6.45) is 5.39. The van der Waals surface area contributed by atoms with Gasteiger partial charge in [-0.1, -0.05) is 18.2 Å². The fourth-order valence-corrected chi connectivity index (χ4v) is 3.57. The van der Waals surface area contributed by atoms with E-state index in [9.17, 15) is 0 Å². The molecule has 0 aliphatic heterocycles. The smallest absolute Gasteiger partial charge is 0.0151 e. The second-order valence-electron chi connectivity index (χ2n) is 4.19. The summed E-state index contributed by atoms with van der Waals surface area (Å²) in [5.41, 5.74) is 5.85. The molecule has 0 unspecified atom stereocenters. The standard InChI is InChI=1S/C15H14S2/c1-16-12-7-6-10-8-11-4-3-5-14(17-2)15(11)13(10)9-12/h3-7,9H,8H2,1-2H3. The van der Waals surface area contributed by atoms with Crippen LogP contribution in [0.4, 0.5) is 0 Å². The van der Waals surface area contributed by atoms with Crippen molar-refractivity contribution in [1.29, 1.82) is 0 Å². The zero-order valence-corrected chi connectivity index (χ0v) is 11.6. The lowest BCUT2D eigenvalue weighted by atomic mass is 10.1. The van der Waals surface area contributed by atoms with Crippen LogP contribution in [0.25, 0.3) is 11.1 Å². The van der Waals surface area contributed by atoms with Crippen LogP contribution in [0.15, 0.2) is 46.2 Å². The minimum absolute atomic E-state index is 1.09. The van der Waals surface area contributed by atoms with E-state index in [0.717, 1.165) is 6.42 Å². The Morgan fingerprint density at radius 3 is 2.59 bits per heavy atom. The fourth-order valence-electron chi connectivity index (χ4n) is 2.47. The van der Waals surface area contributed by atoms with Gasteiger partial charge in [-0.25, -0.2) is 0 Å². The van der Waals surface area contributed by atoms with Crippen molar-refractivity contribution >= 4 is 23.5 Å². The van der Waals surface area contributed by atoms with Gasteiger partial charge < -0.3 is 0 Å². The third-order valence-electron chi connectivity index (χ3n) is 3.30. The maximum Gasteiger partial charge on any atom is 0.0151 e. The van der Waals surface area contributed by atoms with E-state index in [-0.39, 0.29) is 0 Å². The van der Waals surface area contributed by atoms with Gasteiger partial charge in [0.05, 0.1) is 0 Å². The SMILES string of the molecule is CSc1ccc2c(c1)-c1c(cccc1SC)C2. The fraction of sp³-hybridized carbons (Fsp3) is 0.200. The van der Waals surface area contributed by atoms with E-state index in [1.54, 1.807) is 0 Å². The average Bonchev–Trinajstić information content (AvgIpc) is 2.75. The maximum atomic E-state index is 2.34. The summed E-state index contributed by atoms with van der Waals surface area (Å²) in [4.78, 5) is 2.76. The molecule has 0 radical (unpaired) electrons. The number of hydrogen-bond acceptors (Lipinski definition) is 2. The maximum absolute atomic E-state index is 2.34. The number of rotatable bonds is 2. The molecule has 0 aromatic heterocycles. The van der Waals surface area contributed by atoms with Gasteiger partial charge in [-0.15, -0.1) is 23.5 Å². The number of hydrogen-bond donors (Lipinski definition) is 0. The quantitative estimate of drug-likeness (QED) is 0.611. The second-order valence-corrected chi connectivity index (χ2v) is 5.92. The summed E-state index contributed by atoms with van der Waals surface area (Å²) >= 11 is 3.66. The Hall–Kier alpha value is -0.860. The minimum Gasteiger partial charge on any atom is -0.130 e. The molecule has 0 amide bonds. The van der Waals surface area contributed by atoms with E-state index >= 15 is 0 Å². The number of benzene rings is 2. The van der Waals surface area contributed by atoms with Crippen LogP contribution in [0.5, 0.6) is 0 Å². The summed E-state index contributed by atoms with van der Waals surface area (Å²) in [5, 5.41) is 0. The van der Waals surface area contributed by atoms with Crippen molar-refractivity contribution in [3.8, 4) is 11.1 Å². The molecule has 2 heteroatoms. The number of thioether (sulfide) groups is 2. The molecule has 2 aromatic rings. The van der Waals surface area contributed by atoms with E-state index in [4.69, 9.17) is 0 Å². The molecule has 86 valence electrons. The first-order chi connectivity index (χ1) is 8.33. The summed E-state index contributed by atoms with van der Waals surface area (Å²) in [5.74, 6) is 0. The van der Waals surface area contributed by atoms with Gasteiger partial charge in [-0.2, -0.15) is 0 Å². The van der Waals surface area contributed by atoms with Crippen LogP contribution >= 0.6 is 23.5 Å². The van der Waals surface area contributed by atoms with Crippen molar-refractivity contribution in [3.05, 3.63) is 47.5 Å². The summed E-state index contributed by atoms with van der Waals surface area (Å²) in [7, 11) is 0. The van der Waals surface area contributed by atoms with Crippen molar-refractivity contribution in [2.24, 2.45) is 0 Å². The topological polar surface area (TPSA) is 0 Å². The largest absolute Gasteiger partial charge is 0.130 e. The van der Waals surface area contributed by atoms with Gasteiger partial charge in [-0.3, -0.25) is 0 Å². The van der Waals surface area contributed by atoms with Gasteiger partial charge >= 0.3 is 0 Å². The first-order valence-corrected chi connectivity index (χ1v) is 8.11. The van der Waals surface area contributed by atoms with E-state index < -0.39 is 0 Å². The van der Waals surface area contributed by atoms with Crippen LogP contribution in [0.2, 0.25) is 0 Å². The molecular formula is C15H14S2. The minimum atomic E-state index is 1.09. The Labute approximate surface area is 111 Å². The molecule has 0 N–H and O–H groups in total. The lowest BCUT2D eigenvalue weighted by Crippen LogP contribution is -1.82. The average molecular weight is 258 g/mol. The Kier molecular flexibility index (Phi) is 2.93. The lowest BCUT2D eigenvalue weighted by Gasteiger charge is -2.07. The van der Waals surface area contributed by atoms with Crippen LogP contribution in [-0.4, -0.2) is 12.5 Å². The van der Waals surface area contributed by atoms with Crippen LogP contribution in [0.1, 0.15) is 11.1 Å². The Bertz CT molecular complexity index is 573. The van der Waals surface area contributed by atoms with E-state index in [1.807, 2.05) is 23.5 Å². The van der Waals surface area contributed by atoms with Crippen molar-refractivity contribution in [2.75, 3.05) is 12.5 Å². The second kappa shape index (κ2) is 4.43. The molecule has 0 saturated carbocycles. The van der Waals surface area contributed by atoms with Crippen LogP contribution in [-0.2, 0) is 6.42 Å². The molecule has 0 fully saturated rings. The summed E-state index contributed by atoms with van der Waals surface area (Å²) in [6.45, 7) is 0. The van der Waals surface area contributed by atoms with E-state index in [2.05, 4.69) is 48.9 Å². The van der Waals surface area contributed by atoms with Crippen molar-refractivity contribution in [2.45, 2.75) is 16.2 Å². The zero-order chi connectivity index (χ0) is 11.8. The predicted octanol–water partition coefficient (Wildman–Crippen LogP) is 4.70. The lowest BCUT2D eigenvalue weighted by molar-refractivity contribution is 1.24. The molecule has 1 aliphatic rings. The van der Waals surface area contributed by atoms with Crippen LogP contribution in [0.3, 0.4) is 0 Å². The van der Waals surface area contributed by atoms with Crippen molar-refractivity contribution in [1.82, 2.24) is 0 Å². The summed E-state index contributed by atoms with van der Waals surface area (Å²) < 4.78 is 0. The molecule has 0 heterocycles. The monoisotopic (exact) mass is 258 g/mol. The van der Waals surface area contributed by atoms with Crippen molar-refractivity contribution < 1.29 is 0 Å². The van der Waals surface area contributed by atoms with Gasteiger partial charge in [0.1, 0.15) is 0 Å². The normalized spacial score (nSPS) is 12.4. The Balaban J connectivity index is 2.24. The van der Waals surface area contributed by atoms with Gasteiger partial charge in [-0.05, 0) is 59.4 Å². The first kappa shape index (κ1) is 11.2. The first-order valence-electron chi connectivity index (χ1n) is 5.66. The van der Waals surface area contributed by atoms with E-state index in [0.29, 0.717) is 0 Å². The molecule has 0 spiro atoms. The van der Waals surface area contributed by atoms with Gasteiger partial charge in [0.15, 0.2) is 0 Å². The molecule has 0 nitrogen and oxygen atoms in total. The highest BCUT2D eigenvalue weighted by Crippen LogP contribution is 2.43. The van der Waals surface area contributed by atoms with E-state index in [1.165, 1.54) is 32.0 Å². The molecule has 17 heavy (non-hydrogen) atoms. The molecule has 0 atom stereocenters. The molecule has 0 saturated heterocycles. The Morgan fingerprint density at radius 2 is 1.82 bits per heavy atom. The molecule has 3 rings (SSSR count). The highest BCUT2D eigenvalue weighted by atomic mass is 32.2. The van der Waals surface area contributed by atoms with Gasteiger partial charge in [0.25, 0.3) is 0 Å². The van der Waals surface area contributed by atoms with Gasteiger partial charge in [0.2, 0.25) is 0 Å². The highest BCUT2D eigenvalue weighted by molar-refractivity contribution is 7.99. The predicted molar refractivity (Wildman–Crippen MR) is 78.2 cm³/mol. The van der Waals surface area contributed by atoms with Gasteiger partial charge in [0, 0.05) is 9.79 Å².